The average molecular weight is 301 g/mol. The molecule has 0 aliphatic heterocycles. The number of rotatable bonds is 3. The number of para-hydroxylation sites is 1. The monoisotopic (exact) mass is 300 g/mol. The Morgan fingerprint density at radius 1 is 1.05 bits per heavy atom. The molecule has 3 nitrogen and oxygen atoms in total. The molecule has 0 aliphatic carbocycles. The van der Waals surface area contributed by atoms with Gasteiger partial charge in [-0.1, -0.05) is 41.9 Å². The largest absolute Gasteiger partial charge is 0.323 e. The van der Waals surface area contributed by atoms with Crippen LogP contribution in [0.1, 0.15) is 16.7 Å². The highest BCUT2D eigenvalue weighted by Crippen LogP contribution is 2.19. The summed E-state index contributed by atoms with van der Waals surface area (Å²) in [7, 11) is 0. The number of amides is 2. The summed E-state index contributed by atoms with van der Waals surface area (Å²) in [6.45, 7) is 3.93. The third-order valence-corrected chi connectivity index (χ3v) is 3.33. The van der Waals surface area contributed by atoms with Crippen molar-refractivity contribution in [2.45, 2.75) is 13.8 Å². The van der Waals surface area contributed by atoms with E-state index in [2.05, 4.69) is 10.6 Å². The number of urea groups is 1. The van der Waals surface area contributed by atoms with Crippen molar-refractivity contribution in [3.8, 4) is 0 Å². The molecule has 0 atom stereocenters. The molecule has 0 fully saturated rings. The molecule has 0 saturated heterocycles. The third-order valence-electron chi connectivity index (χ3n) is 3.08. The molecule has 21 heavy (non-hydrogen) atoms. The molecular formula is C17H17ClN2O. The Morgan fingerprint density at radius 3 is 2.29 bits per heavy atom. The fraction of sp³-hybridized carbons (Fsp3) is 0.118. The molecule has 108 valence electrons. The number of benzene rings is 2. The molecule has 0 aromatic heterocycles. The first-order valence-electron chi connectivity index (χ1n) is 6.62. The van der Waals surface area contributed by atoms with E-state index in [0.717, 1.165) is 22.4 Å². The second-order valence-corrected chi connectivity index (χ2v) is 5.19. The lowest BCUT2D eigenvalue weighted by atomic mass is 10.1. The van der Waals surface area contributed by atoms with Gasteiger partial charge in [0, 0.05) is 16.9 Å². The molecule has 0 aliphatic rings. The number of carbonyl (C=O) groups excluding carboxylic acids is 1. The van der Waals surface area contributed by atoms with Crippen LogP contribution in [-0.2, 0) is 0 Å². The van der Waals surface area contributed by atoms with Crippen LogP contribution in [0.5, 0.6) is 0 Å². The van der Waals surface area contributed by atoms with Crippen molar-refractivity contribution in [2.75, 3.05) is 5.32 Å². The molecule has 4 heteroatoms. The molecule has 2 aromatic carbocycles. The highest BCUT2D eigenvalue weighted by Gasteiger charge is 2.05. The van der Waals surface area contributed by atoms with Crippen LogP contribution in [-0.4, -0.2) is 6.03 Å². The van der Waals surface area contributed by atoms with Gasteiger partial charge >= 0.3 is 6.03 Å². The van der Waals surface area contributed by atoms with Crippen molar-refractivity contribution in [1.29, 1.82) is 0 Å². The predicted octanol–water partition coefficient (Wildman–Crippen LogP) is 4.75. The van der Waals surface area contributed by atoms with E-state index in [1.807, 2.05) is 44.2 Å². The van der Waals surface area contributed by atoms with Gasteiger partial charge in [-0.25, -0.2) is 4.79 Å². The number of hydrogen-bond donors (Lipinski definition) is 2. The van der Waals surface area contributed by atoms with Gasteiger partial charge in [0.25, 0.3) is 0 Å². The highest BCUT2D eigenvalue weighted by atomic mass is 35.5. The zero-order valence-corrected chi connectivity index (χ0v) is 12.7. The summed E-state index contributed by atoms with van der Waals surface area (Å²) in [5, 5.41) is 6.22. The van der Waals surface area contributed by atoms with Crippen LogP contribution in [0.15, 0.2) is 48.7 Å². The quantitative estimate of drug-likeness (QED) is 0.844. The Balaban J connectivity index is 1.95. The van der Waals surface area contributed by atoms with Crippen LogP contribution in [0, 0.1) is 13.8 Å². The van der Waals surface area contributed by atoms with Gasteiger partial charge in [0.15, 0.2) is 0 Å². The maximum Gasteiger partial charge on any atom is 0.323 e. The summed E-state index contributed by atoms with van der Waals surface area (Å²) in [4.78, 5) is 11.9. The molecule has 0 spiro atoms. The normalized spacial score (nSPS) is 10.6. The van der Waals surface area contributed by atoms with E-state index in [0.29, 0.717) is 5.02 Å². The molecule has 0 bridgehead atoms. The maximum absolute atomic E-state index is 11.9. The highest BCUT2D eigenvalue weighted by molar-refractivity contribution is 6.30. The number of anilines is 1. The fourth-order valence-electron chi connectivity index (χ4n) is 1.95. The van der Waals surface area contributed by atoms with E-state index in [1.54, 1.807) is 24.4 Å². The molecule has 0 unspecified atom stereocenters. The number of hydrogen-bond acceptors (Lipinski definition) is 1. The van der Waals surface area contributed by atoms with Gasteiger partial charge in [-0.3, -0.25) is 0 Å². The van der Waals surface area contributed by atoms with E-state index in [-0.39, 0.29) is 6.03 Å². The van der Waals surface area contributed by atoms with E-state index < -0.39 is 0 Å². The lowest BCUT2D eigenvalue weighted by Crippen LogP contribution is -2.24. The fourth-order valence-corrected chi connectivity index (χ4v) is 2.07. The van der Waals surface area contributed by atoms with Gasteiger partial charge in [-0.15, -0.1) is 0 Å². The number of carbonyl (C=O) groups is 1. The van der Waals surface area contributed by atoms with Gasteiger partial charge in [-0.05, 0) is 48.7 Å². The van der Waals surface area contributed by atoms with E-state index >= 15 is 0 Å². The molecule has 2 N–H and O–H groups in total. The lowest BCUT2D eigenvalue weighted by Gasteiger charge is -2.10. The molecule has 2 aromatic rings. The Kier molecular flexibility index (Phi) is 5.01. The van der Waals surface area contributed by atoms with Crippen molar-refractivity contribution in [3.05, 3.63) is 70.4 Å². The topological polar surface area (TPSA) is 41.1 Å². The van der Waals surface area contributed by atoms with Gasteiger partial charge in [0.1, 0.15) is 0 Å². The minimum Gasteiger partial charge on any atom is -0.314 e. The third kappa shape index (κ3) is 4.36. The summed E-state index contributed by atoms with van der Waals surface area (Å²) in [5.74, 6) is 0. The van der Waals surface area contributed by atoms with Gasteiger partial charge in [-0.2, -0.15) is 0 Å². The average Bonchev–Trinajstić information content (AvgIpc) is 2.45. The van der Waals surface area contributed by atoms with E-state index in [4.69, 9.17) is 11.6 Å². The summed E-state index contributed by atoms with van der Waals surface area (Å²) in [6.07, 6.45) is 3.41. The van der Waals surface area contributed by atoms with Crippen LogP contribution in [0.3, 0.4) is 0 Å². The van der Waals surface area contributed by atoms with Gasteiger partial charge in [0.05, 0.1) is 0 Å². The lowest BCUT2D eigenvalue weighted by molar-refractivity contribution is 0.255. The molecule has 2 amide bonds. The standard InChI is InChI=1S/C17H17ClN2O/c1-12-4-3-5-13(2)16(12)20-17(21)19-11-10-14-6-8-15(18)9-7-14/h3-11H,1-2H3,(H2,19,20,21)/b11-10+. The summed E-state index contributed by atoms with van der Waals surface area (Å²) in [6, 6.07) is 13.0. The Hall–Kier alpha value is -2.26. The number of nitrogens with one attached hydrogen (secondary N) is 2. The van der Waals surface area contributed by atoms with Crippen molar-refractivity contribution in [1.82, 2.24) is 5.32 Å². The molecule has 0 heterocycles. The van der Waals surface area contributed by atoms with Crippen LogP contribution in [0.2, 0.25) is 5.02 Å². The van der Waals surface area contributed by atoms with E-state index in [1.165, 1.54) is 0 Å². The smallest absolute Gasteiger partial charge is 0.314 e. The molecule has 2 rings (SSSR count). The van der Waals surface area contributed by atoms with Gasteiger partial charge < -0.3 is 10.6 Å². The van der Waals surface area contributed by atoms with Crippen LogP contribution in [0.4, 0.5) is 10.5 Å². The molecular weight excluding hydrogens is 284 g/mol. The number of halogens is 1. The predicted molar refractivity (Wildman–Crippen MR) is 88.6 cm³/mol. The second kappa shape index (κ2) is 6.95. The van der Waals surface area contributed by atoms with Crippen molar-refractivity contribution in [2.24, 2.45) is 0 Å². The van der Waals surface area contributed by atoms with Crippen LogP contribution in [0.25, 0.3) is 6.08 Å². The van der Waals surface area contributed by atoms with Gasteiger partial charge in [0.2, 0.25) is 0 Å². The zero-order valence-electron chi connectivity index (χ0n) is 12.0. The molecule has 0 saturated carbocycles. The second-order valence-electron chi connectivity index (χ2n) is 4.75. The number of aryl methyl sites for hydroxylation is 2. The van der Waals surface area contributed by atoms with Crippen molar-refractivity contribution < 1.29 is 4.79 Å². The SMILES string of the molecule is Cc1cccc(C)c1NC(=O)N/C=C/c1ccc(Cl)cc1. The Morgan fingerprint density at radius 2 is 1.67 bits per heavy atom. The zero-order chi connectivity index (χ0) is 15.2. The van der Waals surface area contributed by atoms with Crippen molar-refractivity contribution >= 4 is 29.4 Å². The van der Waals surface area contributed by atoms with Crippen LogP contribution >= 0.6 is 11.6 Å². The maximum atomic E-state index is 11.9. The Bertz CT molecular complexity index is 643. The first-order chi connectivity index (χ1) is 10.1. The first kappa shape index (κ1) is 15.1. The Labute approximate surface area is 129 Å². The summed E-state index contributed by atoms with van der Waals surface area (Å²) < 4.78 is 0. The first-order valence-corrected chi connectivity index (χ1v) is 7.00. The minimum absolute atomic E-state index is 0.266. The van der Waals surface area contributed by atoms with Crippen LogP contribution < -0.4 is 10.6 Å². The molecule has 0 radical (unpaired) electrons. The van der Waals surface area contributed by atoms with E-state index in [9.17, 15) is 4.79 Å². The minimum atomic E-state index is -0.266. The summed E-state index contributed by atoms with van der Waals surface area (Å²) >= 11 is 5.81. The summed E-state index contributed by atoms with van der Waals surface area (Å²) in [5.41, 5.74) is 3.88. The van der Waals surface area contributed by atoms with Crippen molar-refractivity contribution in [3.63, 3.8) is 0 Å².